The molecule has 2 nitrogen and oxygen atoms in total. The van der Waals surface area contributed by atoms with Crippen LogP contribution in [0.15, 0.2) is 30.3 Å². The Balaban J connectivity index is 1.94. The van der Waals surface area contributed by atoms with Crippen LogP contribution in [-0.2, 0) is 6.18 Å². The first-order chi connectivity index (χ1) is 9.93. The lowest BCUT2D eigenvalue weighted by molar-refractivity contribution is -0.141. The minimum absolute atomic E-state index is 0.183. The van der Waals surface area contributed by atoms with Gasteiger partial charge in [0.05, 0.1) is 5.69 Å². The fraction of sp³-hybridized carbons (Fsp3) is 0.333. The van der Waals surface area contributed by atoms with Gasteiger partial charge in [0.15, 0.2) is 0 Å². The van der Waals surface area contributed by atoms with Crippen molar-refractivity contribution in [2.24, 2.45) is 0 Å². The molecule has 21 heavy (non-hydrogen) atoms. The number of rotatable bonds is 2. The molecule has 6 heteroatoms. The van der Waals surface area contributed by atoms with E-state index in [1.807, 2.05) is 12.1 Å². The Hall–Kier alpha value is -1.62. The standard InChI is InChI=1S/C15H12ClF3N2/c16-14-20-12(8-13(21-14)15(17,18)19)11-6-4-10(5-7-11)9-2-1-3-9/h4-9H,1-3H2. The van der Waals surface area contributed by atoms with E-state index in [0.29, 0.717) is 11.5 Å². The molecule has 0 aliphatic heterocycles. The molecule has 0 spiro atoms. The molecule has 1 aromatic carbocycles. The van der Waals surface area contributed by atoms with Crippen molar-refractivity contribution in [1.82, 2.24) is 9.97 Å². The van der Waals surface area contributed by atoms with Crippen LogP contribution in [0.1, 0.15) is 36.4 Å². The fourth-order valence-corrected chi connectivity index (χ4v) is 2.56. The average Bonchev–Trinajstić information content (AvgIpc) is 2.36. The summed E-state index contributed by atoms with van der Waals surface area (Å²) in [4.78, 5) is 7.11. The predicted molar refractivity (Wildman–Crippen MR) is 74.1 cm³/mol. The summed E-state index contributed by atoms with van der Waals surface area (Å²) in [6.45, 7) is 0. The van der Waals surface area contributed by atoms with Gasteiger partial charge in [0.25, 0.3) is 0 Å². The van der Waals surface area contributed by atoms with Crippen molar-refractivity contribution >= 4 is 11.6 Å². The van der Waals surface area contributed by atoms with E-state index < -0.39 is 17.2 Å². The minimum atomic E-state index is -4.53. The Bertz CT molecular complexity index is 649. The first-order valence-electron chi connectivity index (χ1n) is 6.65. The van der Waals surface area contributed by atoms with Gasteiger partial charge < -0.3 is 0 Å². The van der Waals surface area contributed by atoms with Crippen molar-refractivity contribution in [2.45, 2.75) is 31.4 Å². The van der Waals surface area contributed by atoms with E-state index in [4.69, 9.17) is 11.6 Å². The topological polar surface area (TPSA) is 25.8 Å². The van der Waals surface area contributed by atoms with Gasteiger partial charge in [-0.15, -0.1) is 0 Å². The molecule has 0 radical (unpaired) electrons. The summed E-state index contributed by atoms with van der Waals surface area (Å²) < 4.78 is 38.2. The third kappa shape index (κ3) is 3.02. The molecule has 1 saturated carbocycles. The highest BCUT2D eigenvalue weighted by Gasteiger charge is 2.33. The maximum Gasteiger partial charge on any atom is 0.433 e. The molecule has 3 rings (SSSR count). The molecule has 2 aromatic rings. The highest BCUT2D eigenvalue weighted by Crippen LogP contribution is 2.37. The van der Waals surface area contributed by atoms with Crippen molar-refractivity contribution < 1.29 is 13.2 Å². The highest BCUT2D eigenvalue weighted by molar-refractivity contribution is 6.28. The zero-order valence-corrected chi connectivity index (χ0v) is 11.7. The maximum atomic E-state index is 12.7. The monoisotopic (exact) mass is 312 g/mol. The zero-order chi connectivity index (χ0) is 15.0. The van der Waals surface area contributed by atoms with Crippen molar-refractivity contribution in [3.63, 3.8) is 0 Å². The smallest absolute Gasteiger partial charge is 0.218 e. The van der Waals surface area contributed by atoms with Crippen LogP contribution in [0.2, 0.25) is 5.28 Å². The normalized spacial score (nSPS) is 15.8. The van der Waals surface area contributed by atoms with Crippen LogP contribution in [0.4, 0.5) is 13.2 Å². The van der Waals surface area contributed by atoms with E-state index in [2.05, 4.69) is 9.97 Å². The number of hydrogen-bond donors (Lipinski definition) is 0. The molecule has 1 aliphatic rings. The SMILES string of the molecule is FC(F)(F)c1cc(-c2ccc(C3CCC3)cc2)nc(Cl)n1. The largest absolute Gasteiger partial charge is 0.433 e. The van der Waals surface area contributed by atoms with Gasteiger partial charge in [-0.2, -0.15) is 13.2 Å². The van der Waals surface area contributed by atoms with Gasteiger partial charge in [0, 0.05) is 5.56 Å². The summed E-state index contributed by atoms with van der Waals surface area (Å²) in [7, 11) is 0. The van der Waals surface area contributed by atoms with Crippen molar-refractivity contribution in [1.29, 1.82) is 0 Å². The number of halogens is 4. The second-order valence-electron chi connectivity index (χ2n) is 5.16. The third-order valence-electron chi connectivity index (χ3n) is 3.77. The lowest BCUT2D eigenvalue weighted by atomic mass is 9.80. The van der Waals surface area contributed by atoms with Crippen LogP contribution < -0.4 is 0 Å². The molecule has 0 saturated heterocycles. The van der Waals surface area contributed by atoms with Crippen molar-refractivity contribution in [2.75, 3.05) is 0 Å². The van der Waals surface area contributed by atoms with E-state index in [-0.39, 0.29) is 5.69 Å². The van der Waals surface area contributed by atoms with E-state index in [1.165, 1.54) is 24.8 Å². The van der Waals surface area contributed by atoms with Crippen molar-refractivity contribution in [3.05, 3.63) is 46.9 Å². The summed E-state index contributed by atoms with van der Waals surface area (Å²) in [5.74, 6) is 0.582. The molecular weight excluding hydrogens is 301 g/mol. The van der Waals surface area contributed by atoms with Gasteiger partial charge >= 0.3 is 6.18 Å². The number of aromatic nitrogens is 2. The highest BCUT2D eigenvalue weighted by atomic mass is 35.5. The molecule has 0 bridgehead atoms. The minimum Gasteiger partial charge on any atom is -0.218 e. The Morgan fingerprint density at radius 3 is 2.24 bits per heavy atom. The van der Waals surface area contributed by atoms with Crippen LogP contribution in [-0.4, -0.2) is 9.97 Å². The summed E-state index contributed by atoms with van der Waals surface area (Å²) in [6, 6.07) is 8.38. The van der Waals surface area contributed by atoms with Gasteiger partial charge in [-0.25, -0.2) is 9.97 Å². The number of nitrogens with zero attached hydrogens (tertiary/aromatic N) is 2. The summed E-state index contributed by atoms with van der Waals surface area (Å²) in [5.41, 5.74) is 0.983. The molecule has 110 valence electrons. The molecule has 1 aromatic heterocycles. The molecule has 0 N–H and O–H groups in total. The molecule has 1 fully saturated rings. The zero-order valence-electron chi connectivity index (χ0n) is 11.0. The maximum absolute atomic E-state index is 12.7. The first kappa shape index (κ1) is 14.3. The van der Waals surface area contributed by atoms with E-state index in [9.17, 15) is 13.2 Å². The van der Waals surface area contributed by atoms with Gasteiger partial charge in [0.1, 0.15) is 5.69 Å². The third-order valence-corrected chi connectivity index (χ3v) is 3.94. The van der Waals surface area contributed by atoms with Crippen LogP contribution in [0, 0.1) is 0 Å². The molecular formula is C15H12ClF3N2. The van der Waals surface area contributed by atoms with Gasteiger partial charge in [0.2, 0.25) is 5.28 Å². The Morgan fingerprint density at radius 2 is 1.71 bits per heavy atom. The average molecular weight is 313 g/mol. The number of hydrogen-bond acceptors (Lipinski definition) is 2. The van der Waals surface area contributed by atoms with E-state index >= 15 is 0 Å². The summed E-state index contributed by atoms with van der Waals surface area (Å²) >= 11 is 5.60. The van der Waals surface area contributed by atoms with Gasteiger partial charge in [-0.05, 0) is 42.0 Å². The second kappa shape index (κ2) is 5.30. The number of alkyl halides is 3. The molecule has 0 unspecified atom stereocenters. The number of benzene rings is 1. The van der Waals surface area contributed by atoms with E-state index in [1.54, 1.807) is 12.1 Å². The lowest BCUT2D eigenvalue weighted by Crippen LogP contribution is -2.09. The Morgan fingerprint density at radius 1 is 1.05 bits per heavy atom. The predicted octanol–water partition coefficient (Wildman–Crippen LogP) is 5.08. The fourth-order valence-electron chi connectivity index (χ4n) is 2.38. The molecule has 1 heterocycles. The molecule has 0 atom stereocenters. The Kier molecular flexibility index (Phi) is 3.61. The molecule has 1 aliphatic carbocycles. The van der Waals surface area contributed by atoms with Crippen LogP contribution in [0.25, 0.3) is 11.3 Å². The lowest BCUT2D eigenvalue weighted by Gasteiger charge is -2.25. The van der Waals surface area contributed by atoms with Crippen molar-refractivity contribution in [3.8, 4) is 11.3 Å². The first-order valence-corrected chi connectivity index (χ1v) is 7.03. The van der Waals surface area contributed by atoms with Gasteiger partial charge in [-0.1, -0.05) is 30.7 Å². The second-order valence-corrected chi connectivity index (χ2v) is 5.49. The quantitative estimate of drug-likeness (QED) is 0.722. The summed E-state index contributed by atoms with van der Waals surface area (Å²) in [6.07, 6.45) is -0.941. The molecule has 0 amide bonds. The Labute approximate surface area is 125 Å². The van der Waals surface area contributed by atoms with Crippen LogP contribution >= 0.6 is 11.6 Å². The van der Waals surface area contributed by atoms with Crippen LogP contribution in [0.3, 0.4) is 0 Å². The van der Waals surface area contributed by atoms with Crippen LogP contribution in [0.5, 0.6) is 0 Å². The summed E-state index contributed by atoms with van der Waals surface area (Å²) in [5, 5.41) is -0.400. The van der Waals surface area contributed by atoms with Gasteiger partial charge in [-0.3, -0.25) is 0 Å². The van der Waals surface area contributed by atoms with E-state index in [0.717, 1.165) is 6.07 Å².